The van der Waals surface area contributed by atoms with Gasteiger partial charge in [-0.3, -0.25) is 0 Å². The Morgan fingerprint density at radius 2 is 2.29 bits per heavy atom. The molecule has 3 N–H and O–H groups in total. The molecule has 0 radical (unpaired) electrons. The van der Waals surface area contributed by atoms with Crippen molar-refractivity contribution in [1.29, 1.82) is 0 Å². The van der Waals surface area contributed by atoms with Gasteiger partial charge >= 0.3 is 0 Å². The first-order chi connectivity index (χ1) is 8.21. The van der Waals surface area contributed by atoms with Gasteiger partial charge in [0.1, 0.15) is 10.8 Å². The van der Waals surface area contributed by atoms with E-state index in [-0.39, 0.29) is 0 Å². The van der Waals surface area contributed by atoms with E-state index in [1.54, 1.807) is 6.20 Å². The van der Waals surface area contributed by atoms with Gasteiger partial charge in [-0.05, 0) is 49.1 Å². The maximum atomic E-state index is 5.69. The summed E-state index contributed by atoms with van der Waals surface area (Å²) in [5, 5.41) is 3.44. The maximum Gasteiger partial charge on any atom is 0.136 e. The van der Waals surface area contributed by atoms with Gasteiger partial charge in [-0.1, -0.05) is 12.2 Å². The third-order valence-electron chi connectivity index (χ3n) is 4.02. The summed E-state index contributed by atoms with van der Waals surface area (Å²) in [6, 6.07) is 3.79. The van der Waals surface area contributed by atoms with Crippen LogP contribution in [0.15, 0.2) is 18.3 Å². The summed E-state index contributed by atoms with van der Waals surface area (Å²) in [5.41, 5.74) is 7.11. The van der Waals surface area contributed by atoms with Crippen LogP contribution in [0.25, 0.3) is 0 Å². The first-order valence-electron chi connectivity index (χ1n) is 6.20. The second-order valence-corrected chi connectivity index (χ2v) is 5.69. The smallest absolute Gasteiger partial charge is 0.136 e. The van der Waals surface area contributed by atoms with Crippen LogP contribution >= 0.6 is 12.2 Å². The molecule has 1 heterocycles. The molecule has 2 saturated carbocycles. The molecule has 2 aliphatic rings. The number of thiocarbonyl (C=S) groups is 1. The molecule has 0 aliphatic heterocycles. The highest BCUT2D eigenvalue weighted by atomic mass is 32.1. The van der Waals surface area contributed by atoms with Crippen LogP contribution in [0.2, 0.25) is 0 Å². The van der Waals surface area contributed by atoms with Crippen molar-refractivity contribution < 1.29 is 0 Å². The Morgan fingerprint density at radius 1 is 1.53 bits per heavy atom. The van der Waals surface area contributed by atoms with Crippen molar-refractivity contribution in [2.45, 2.75) is 25.7 Å². The minimum absolute atomic E-state index is 0.414. The number of anilines is 1. The SMILES string of the molecule is NC(=S)c1cccnc1NCC1(C2CC2)CC1. The van der Waals surface area contributed by atoms with Gasteiger partial charge in [-0.25, -0.2) is 4.98 Å². The van der Waals surface area contributed by atoms with Crippen molar-refractivity contribution in [2.75, 3.05) is 11.9 Å². The molecule has 17 heavy (non-hydrogen) atoms. The Bertz CT molecular complexity index is 450. The van der Waals surface area contributed by atoms with Crippen LogP contribution in [0.1, 0.15) is 31.2 Å². The first kappa shape index (κ1) is 11.0. The molecular weight excluding hydrogens is 230 g/mol. The van der Waals surface area contributed by atoms with Crippen LogP contribution in [0.3, 0.4) is 0 Å². The maximum absolute atomic E-state index is 5.69. The van der Waals surface area contributed by atoms with Gasteiger partial charge in [-0.2, -0.15) is 0 Å². The van der Waals surface area contributed by atoms with E-state index in [1.807, 2.05) is 12.1 Å². The van der Waals surface area contributed by atoms with Crippen LogP contribution in [-0.2, 0) is 0 Å². The molecule has 3 rings (SSSR count). The Hall–Kier alpha value is -1.16. The topological polar surface area (TPSA) is 50.9 Å². The lowest BCUT2D eigenvalue weighted by Crippen LogP contribution is -2.21. The fourth-order valence-electron chi connectivity index (χ4n) is 2.59. The van der Waals surface area contributed by atoms with Gasteiger partial charge in [0.05, 0.1) is 5.56 Å². The molecular formula is C13H17N3S. The molecule has 0 spiro atoms. The van der Waals surface area contributed by atoms with Gasteiger partial charge < -0.3 is 11.1 Å². The van der Waals surface area contributed by atoms with E-state index in [0.29, 0.717) is 10.4 Å². The standard InChI is InChI=1S/C13H17N3S/c14-11(17)10-2-1-7-15-12(10)16-8-13(5-6-13)9-3-4-9/h1-2,7,9H,3-6,8H2,(H2,14,17)(H,15,16). The van der Waals surface area contributed by atoms with Crippen molar-refractivity contribution in [1.82, 2.24) is 4.98 Å². The summed E-state index contributed by atoms with van der Waals surface area (Å²) in [7, 11) is 0. The summed E-state index contributed by atoms with van der Waals surface area (Å²) >= 11 is 5.03. The van der Waals surface area contributed by atoms with Crippen LogP contribution in [0, 0.1) is 11.3 Å². The third-order valence-corrected chi connectivity index (χ3v) is 4.24. The van der Waals surface area contributed by atoms with E-state index in [2.05, 4.69) is 10.3 Å². The van der Waals surface area contributed by atoms with Gasteiger partial charge in [0.2, 0.25) is 0 Å². The molecule has 2 fully saturated rings. The Balaban J connectivity index is 1.70. The lowest BCUT2D eigenvalue weighted by Gasteiger charge is -2.16. The number of rotatable bonds is 5. The van der Waals surface area contributed by atoms with Crippen molar-refractivity contribution in [2.24, 2.45) is 17.1 Å². The van der Waals surface area contributed by atoms with Crippen molar-refractivity contribution >= 4 is 23.0 Å². The van der Waals surface area contributed by atoms with Gasteiger partial charge in [0.15, 0.2) is 0 Å². The van der Waals surface area contributed by atoms with Crippen LogP contribution in [0.4, 0.5) is 5.82 Å². The lowest BCUT2D eigenvalue weighted by molar-refractivity contribution is 0.466. The molecule has 90 valence electrons. The summed E-state index contributed by atoms with van der Waals surface area (Å²) in [4.78, 5) is 4.75. The molecule has 3 nitrogen and oxygen atoms in total. The molecule has 0 amide bonds. The molecule has 4 heteroatoms. The minimum Gasteiger partial charge on any atom is -0.389 e. The van der Waals surface area contributed by atoms with E-state index in [0.717, 1.165) is 23.8 Å². The molecule has 2 aliphatic carbocycles. The van der Waals surface area contributed by atoms with Gasteiger partial charge in [-0.15, -0.1) is 0 Å². The fourth-order valence-corrected chi connectivity index (χ4v) is 2.76. The van der Waals surface area contributed by atoms with Gasteiger partial charge in [0.25, 0.3) is 0 Å². The van der Waals surface area contributed by atoms with Crippen LogP contribution in [-0.4, -0.2) is 16.5 Å². The summed E-state index contributed by atoms with van der Waals surface area (Å²) in [5.74, 6) is 1.79. The third kappa shape index (κ3) is 2.14. The number of nitrogens with two attached hydrogens (primary N) is 1. The predicted molar refractivity (Wildman–Crippen MR) is 73.0 cm³/mol. The number of aromatic nitrogens is 1. The Labute approximate surface area is 107 Å². The number of nitrogens with one attached hydrogen (secondary N) is 1. The lowest BCUT2D eigenvalue weighted by atomic mass is 10.0. The average Bonchev–Trinajstić information content (AvgIpc) is 3.17. The zero-order valence-corrected chi connectivity index (χ0v) is 10.6. The Kier molecular flexibility index (Phi) is 2.54. The summed E-state index contributed by atoms with van der Waals surface area (Å²) in [6.45, 7) is 1.02. The second kappa shape index (κ2) is 3.95. The second-order valence-electron chi connectivity index (χ2n) is 5.25. The molecule has 1 aromatic heterocycles. The predicted octanol–water partition coefficient (Wildman–Crippen LogP) is 2.32. The monoisotopic (exact) mass is 247 g/mol. The Morgan fingerprint density at radius 3 is 2.88 bits per heavy atom. The number of nitrogens with zero attached hydrogens (tertiary/aromatic N) is 1. The normalized spacial score (nSPS) is 20.9. The quantitative estimate of drug-likeness (QED) is 0.784. The molecule has 0 aromatic carbocycles. The average molecular weight is 247 g/mol. The zero-order valence-electron chi connectivity index (χ0n) is 9.78. The van der Waals surface area contributed by atoms with Gasteiger partial charge in [0, 0.05) is 12.7 Å². The highest BCUT2D eigenvalue weighted by Crippen LogP contribution is 2.61. The van der Waals surface area contributed by atoms with E-state index in [4.69, 9.17) is 18.0 Å². The molecule has 0 atom stereocenters. The minimum atomic E-state index is 0.414. The molecule has 0 unspecified atom stereocenters. The fraction of sp³-hybridized carbons (Fsp3) is 0.538. The first-order valence-corrected chi connectivity index (χ1v) is 6.61. The van der Waals surface area contributed by atoms with E-state index in [9.17, 15) is 0 Å². The molecule has 0 saturated heterocycles. The van der Waals surface area contributed by atoms with E-state index < -0.39 is 0 Å². The van der Waals surface area contributed by atoms with Crippen LogP contribution in [0.5, 0.6) is 0 Å². The van der Waals surface area contributed by atoms with Crippen molar-refractivity contribution in [3.63, 3.8) is 0 Å². The number of hydrogen-bond acceptors (Lipinski definition) is 3. The summed E-state index contributed by atoms with van der Waals surface area (Å²) in [6.07, 6.45) is 7.32. The largest absolute Gasteiger partial charge is 0.389 e. The van der Waals surface area contributed by atoms with E-state index in [1.165, 1.54) is 25.7 Å². The summed E-state index contributed by atoms with van der Waals surface area (Å²) < 4.78 is 0. The van der Waals surface area contributed by atoms with Crippen molar-refractivity contribution in [3.8, 4) is 0 Å². The highest BCUT2D eigenvalue weighted by molar-refractivity contribution is 7.80. The number of hydrogen-bond donors (Lipinski definition) is 2. The highest BCUT2D eigenvalue weighted by Gasteiger charge is 2.53. The van der Waals surface area contributed by atoms with E-state index >= 15 is 0 Å². The number of pyridine rings is 1. The molecule has 1 aromatic rings. The van der Waals surface area contributed by atoms with Crippen LogP contribution < -0.4 is 11.1 Å². The molecule has 0 bridgehead atoms. The zero-order chi connectivity index (χ0) is 11.9. The van der Waals surface area contributed by atoms with Crippen molar-refractivity contribution in [3.05, 3.63) is 23.9 Å².